The molecule has 0 bridgehead atoms. The lowest BCUT2D eigenvalue weighted by molar-refractivity contribution is 0.793. The molecule has 0 saturated heterocycles. The number of hydrogen-bond acceptors (Lipinski definition) is 3. The van der Waals surface area contributed by atoms with Crippen molar-refractivity contribution in [3.8, 4) is 44.8 Å². The molecule has 234 valence electrons. The maximum atomic E-state index is 4.78. The van der Waals surface area contributed by atoms with Crippen molar-refractivity contribution >= 4 is 17.1 Å². The highest BCUT2D eigenvalue weighted by Crippen LogP contribution is 2.63. The summed E-state index contributed by atoms with van der Waals surface area (Å²) in [6.07, 6.45) is 3.53. The van der Waals surface area contributed by atoms with Crippen molar-refractivity contribution in [2.24, 2.45) is 0 Å². The molecule has 0 aliphatic heterocycles. The van der Waals surface area contributed by atoms with Crippen molar-refractivity contribution in [3.63, 3.8) is 0 Å². The van der Waals surface area contributed by atoms with Gasteiger partial charge in [-0.25, -0.2) is 0 Å². The zero-order chi connectivity index (χ0) is 33.1. The van der Waals surface area contributed by atoms with Crippen LogP contribution < -0.4 is 4.90 Å². The van der Waals surface area contributed by atoms with E-state index in [1.54, 1.807) is 12.4 Å². The predicted molar refractivity (Wildman–Crippen MR) is 204 cm³/mol. The molecule has 0 radical (unpaired) electrons. The molecular formula is C47H31N3. The Kier molecular flexibility index (Phi) is 6.40. The maximum Gasteiger partial charge on any atom is 0.0965 e. The van der Waals surface area contributed by atoms with Gasteiger partial charge in [-0.05, 0) is 80.9 Å². The van der Waals surface area contributed by atoms with E-state index in [9.17, 15) is 0 Å². The Bertz CT molecular complexity index is 2480. The largest absolute Gasteiger partial charge is 0.310 e. The first-order valence-corrected chi connectivity index (χ1v) is 17.1. The molecule has 0 saturated carbocycles. The van der Waals surface area contributed by atoms with Gasteiger partial charge in [0.15, 0.2) is 0 Å². The van der Waals surface area contributed by atoms with Crippen molar-refractivity contribution in [1.29, 1.82) is 0 Å². The molecular weight excluding hydrogens is 607 g/mol. The smallest absolute Gasteiger partial charge is 0.0965 e. The van der Waals surface area contributed by atoms with Gasteiger partial charge >= 0.3 is 0 Å². The van der Waals surface area contributed by atoms with E-state index in [0.29, 0.717) is 0 Å². The molecule has 50 heavy (non-hydrogen) atoms. The minimum absolute atomic E-state index is 0.402. The molecule has 2 aliphatic rings. The molecule has 0 atom stereocenters. The van der Waals surface area contributed by atoms with E-state index in [1.165, 1.54) is 44.5 Å². The van der Waals surface area contributed by atoms with Crippen LogP contribution in [0.1, 0.15) is 22.3 Å². The van der Waals surface area contributed by atoms with Gasteiger partial charge in [0.2, 0.25) is 0 Å². The van der Waals surface area contributed by atoms with Gasteiger partial charge in [-0.15, -0.1) is 0 Å². The first-order valence-electron chi connectivity index (χ1n) is 17.1. The molecule has 7 aromatic carbocycles. The molecule has 3 nitrogen and oxygen atoms in total. The van der Waals surface area contributed by atoms with Crippen LogP contribution in [0.25, 0.3) is 44.8 Å². The molecule has 8 aromatic rings. The summed E-state index contributed by atoms with van der Waals surface area (Å²) in [4.78, 5) is 11.9. The van der Waals surface area contributed by atoms with Crippen LogP contribution in [-0.2, 0) is 5.41 Å². The lowest BCUT2D eigenvalue weighted by atomic mass is 9.70. The van der Waals surface area contributed by atoms with Crippen LogP contribution in [-0.4, -0.2) is 9.97 Å². The molecule has 3 heteroatoms. The fourth-order valence-corrected chi connectivity index (χ4v) is 8.37. The lowest BCUT2D eigenvalue weighted by Gasteiger charge is -2.32. The van der Waals surface area contributed by atoms with Crippen LogP contribution in [0.2, 0.25) is 0 Å². The minimum atomic E-state index is -0.402. The van der Waals surface area contributed by atoms with Crippen molar-refractivity contribution in [2.75, 3.05) is 4.90 Å². The van der Waals surface area contributed by atoms with Crippen LogP contribution in [0.4, 0.5) is 17.1 Å². The van der Waals surface area contributed by atoms with E-state index in [-0.39, 0.29) is 0 Å². The number of aromatic nitrogens is 2. The van der Waals surface area contributed by atoms with Gasteiger partial charge in [0.1, 0.15) is 0 Å². The molecule has 1 spiro atoms. The van der Waals surface area contributed by atoms with Gasteiger partial charge in [0.25, 0.3) is 0 Å². The van der Waals surface area contributed by atoms with Gasteiger partial charge in [-0.2, -0.15) is 0 Å². The number of para-hydroxylation sites is 1. The van der Waals surface area contributed by atoms with Crippen LogP contribution >= 0.6 is 0 Å². The van der Waals surface area contributed by atoms with Crippen LogP contribution in [0.15, 0.2) is 188 Å². The molecule has 1 aromatic heterocycles. The summed E-state index contributed by atoms with van der Waals surface area (Å²) in [5.74, 6) is 0. The lowest BCUT2D eigenvalue weighted by Crippen LogP contribution is -2.26. The quantitative estimate of drug-likeness (QED) is 0.188. The van der Waals surface area contributed by atoms with E-state index in [4.69, 9.17) is 9.97 Å². The Morgan fingerprint density at radius 3 is 1.32 bits per heavy atom. The van der Waals surface area contributed by atoms with Crippen molar-refractivity contribution in [3.05, 3.63) is 211 Å². The second kappa shape index (κ2) is 11.3. The van der Waals surface area contributed by atoms with Gasteiger partial charge in [0, 0.05) is 40.6 Å². The SMILES string of the molecule is c1ccc(-c2nccnc2-c2ccc(N(c3ccccc3)c3ccc4c(c3)C3(c5ccccc5-c5ccccc53)c3ccccc3-4)cc2)cc1. The second-order valence-electron chi connectivity index (χ2n) is 13.0. The maximum absolute atomic E-state index is 4.78. The molecule has 1 heterocycles. The average molecular weight is 638 g/mol. The monoisotopic (exact) mass is 637 g/mol. The third kappa shape index (κ3) is 4.10. The minimum Gasteiger partial charge on any atom is -0.310 e. The van der Waals surface area contributed by atoms with Gasteiger partial charge in [0.05, 0.1) is 16.8 Å². The van der Waals surface area contributed by atoms with Crippen molar-refractivity contribution in [1.82, 2.24) is 9.97 Å². The van der Waals surface area contributed by atoms with Gasteiger partial charge < -0.3 is 4.90 Å². The summed E-state index contributed by atoms with van der Waals surface area (Å²) >= 11 is 0. The van der Waals surface area contributed by atoms with Gasteiger partial charge in [-0.3, -0.25) is 9.97 Å². The van der Waals surface area contributed by atoms with Crippen LogP contribution in [0.5, 0.6) is 0 Å². The average Bonchev–Trinajstić information content (AvgIpc) is 3.66. The Labute approximate surface area is 291 Å². The van der Waals surface area contributed by atoms with Gasteiger partial charge in [-0.1, -0.05) is 140 Å². The van der Waals surface area contributed by atoms with Crippen molar-refractivity contribution in [2.45, 2.75) is 5.41 Å². The first kappa shape index (κ1) is 28.4. The zero-order valence-electron chi connectivity index (χ0n) is 27.2. The van der Waals surface area contributed by atoms with Crippen molar-refractivity contribution < 1.29 is 0 Å². The van der Waals surface area contributed by atoms with E-state index in [0.717, 1.165) is 39.6 Å². The number of hydrogen-bond donors (Lipinski definition) is 0. The second-order valence-corrected chi connectivity index (χ2v) is 13.0. The fraction of sp³-hybridized carbons (Fsp3) is 0.0213. The Morgan fingerprint density at radius 2 is 0.760 bits per heavy atom. The molecule has 0 amide bonds. The first-order chi connectivity index (χ1) is 24.8. The number of fused-ring (bicyclic) bond motifs is 10. The zero-order valence-corrected chi connectivity index (χ0v) is 27.2. The normalized spacial score (nSPS) is 13.0. The number of benzene rings is 7. The van der Waals surface area contributed by atoms with Crippen LogP contribution in [0.3, 0.4) is 0 Å². The molecule has 10 rings (SSSR count). The summed E-state index contributed by atoms with van der Waals surface area (Å²) < 4.78 is 0. The van der Waals surface area contributed by atoms with E-state index in [1.807, 2.05) is 18.2 Å². The Morgan fingerprint density at radius 1 is 0.340 bits per heavy atom. The third-order valence-corrected chi connectivity index (χ3v) is 10.4. The summed E-state index contributed by atoms with van der Waals surface area (Å²) in [6.45, 7) is 0. The number of rotatable bonds is 5. The molecule has 0 unspecified atom stereocenters. The number of nitrogens with zero attached hydrogens (tertiary/aromatic N) is 3. The molecule has 0 fully saturated rings. The third-order valence-electron chi connectivity index (χ3n) is 10.4. The van der Waals surface area contributed by atoms with E-state index < -0.39 is 5.41 Å². The predicted octanol–water partition coefficient (Wildman–Crippen LogP) is 11.6. The summed E-state index contributed by atoms with van der Waals surface area (Å²) in [7, 11) is 0. The molecule has 0 N–H and O–H groups in total. The topological polar surface area (TPSA) is 29.0 Å². The summed E-state index contributed by atoms with van der Waals surface area (Å²) in [5, 5.41) is 0. The Hall–Kier alpha value is -6.58. The Balaban J connectivity index is 1.16. The molecule has 2 aliphatic carbocycles. The van der Waals surface area contributed by atoms with E-state index >= 15 is 0 Å². The van der Waals surface area contributed by atoms with Crippen LogP contribution in [0, 0.1) is 0 Å². The van der Waals surface area contributed by atoms with E-state index in [2.05, 4.69) is 163 Å². The fourth-order valence-electron chi connectivity index (χ4n) is 8.37. The summed E-state index contributed by atoms with van der Waals surface area (Å²) in [6, 6.07) is 63.6. The highest BCUT2D eigenvalue weighted by Gasteiger charge is 2.51. The standard InChI is InChI=1S/C47H31N3/c1-3-13-32(14-4-1)45-46(49-30-29-48-45)33-23-25-35(26-24-33)50(34-15-5-2-6-16-34)36-27-28-40-39-19-9-12-22-43(39)47(44(40)31-36)41-20-10-7-17-37(41)38-18-8-11-21-42(38)47/h1-31H. The number of anilines is 3. The summed E-state index contributed by atoms with van der Waals surface area (Å²) in [5.41, 5.74) is 17.3. The highest BCUT2D eigenvalue weighted by molar-refractivity contribution is 5.96. The highest BCUT2D eigenvalue weighted by atomic mass is 15.1.